The summed E-state index contributed by atoms with van der Waals surface area (Å²) in [5.74, 6) is -0.253. The second-order valence-electron chi connectivity index (χ2n) is 12.5. The van der Waals surface area contributed by atoms with Crippen LogP contribution < -0.4 is 0 Å². The molecule has 5 fully saturated rings. The lowest BCUT2D eigenvalue weighted by Gasteiger charge is -2.49. The summed E-state index contributed by atoms with van der Waals surface area (Å²) < 4.78 is 28.9. The van der Waals surface area contributed by atoms with E-state index in [0.29, 0.717) is 38.5 Å². The van der Waals surface area contributed by atoms with E-state index >= 15 is 0 Å². The molecule has 14 nitrogen and oxygen atoms in total. The van der Waals surface area contributed by atoms with Gasteiger partial charge in [-0.3, -0.25) is 0 Å². The van der Waals surface area contributed by atoms with Gasteiger partial charge in [0, 0.05) is 18.8 Å². The molecule has 16 unspecified atom stereocenters. The van der Waals surface area contributed by atoms with Gasteiger partial charge in [-0.15, -0.1) is 0 Å². The molecule has 5 aliphatic rings. The number of aliphatic hydroxyl groups is 11. The van der Waals surface area contributed by atoms with Gasteiger partial charge in [-0.2, -0.15) is 0 Å². The summed E-state index contributed by atoms with van der Waals surface area (Å²) in [4.78, 5) is 0. The maximum absolute atomic E-state index is 10.7. The van der Waals surface area contributed by atoms with E-state index in [-0.39, 0.29) is 36.6 Å². The minimum Gasteiger partial charge on any atom is -0.427 e. The van der Waals surface area contributed by atoms with Gasteiger partial charge in [0.15, 0.2) is 24.8 Å². The fourth-order valence-corrected chi connectivity index (χ4v) is 7.26. The molecule has 3 aliphatic heterocycles. The Morgan fingerprint density at radius 2 is 1.27 bits per heavy atom. The number of rotatable bonds is 6. The number of hydrogen-bond acceptors (Lipinski definition) is 13. The molecule has 0 amide bonds. The van der Waals surface area contributed by atoms with Crippen molar-refractivity contribution >= 4 is 0 Å². The quantitative estimate of drug-likeness (QED) is 0.135. The summed E-state index contributed by atoms with van der Waals surface area (Å²) in [6, 6.07) is 0. The monoisotopic (exact) mass is 595 g/mol. The van der Waals surface area contributed by atoms with Crippen molar-refractivity contribution in [1.29, 1.82) is 0 Å². The lowest BCUT2D eigenvalue weighted by atomic mass is 9.73. The van der Waals surface area contributed by atoms with Crippen molar-refractivity contribution in [2.75, 3.05) is 6.61 Å². The Morgan fingerprint density at radius 1 is 0.659 bits per heavy atom. The smallest absolute Gasteiger partial charge is 0.187 e. The molecule has 41 heavy (non-hydrogen) atoms. The standard InChI is InChI=1S/C27H46O14/c1-10-19(31)21(33)23(35)26(37-10)40-17-8-14-15(38-25(17)11-2-4-12(29)5-3-11)6-13(30)7-16(14)39-27-24(36)22(34)20(32)18(9-28)41-27/h10-36H,2-9H2,1H3/p+1. The highest BCUT2D eigenvalue weighted by atomic mass is 16.7. The molecule has 10 N–H and O–H groups in total. The molecule has 2 saturated carbocycles. The minimum absolute atomic E-state index is 0.0712. The first kappa shape index (κ1) is 31.9. The van der Waals surface area contributed by atoms with Crippen molar-refractivity contribution in [2.24, 2.45) is 11.8 Å². The van der Waals surface area contributed by atoms with Crippen LogP contribution in [0.2, 0.25) is 0 Å². The van der Waals surface area contributed by atoms with Crippen LogP contribution in [0.3, 0.4) is 0 Å². The molecular formula is C27H47O14+. The van der Waals surface area contributed by atoms with Crippen LogP contribution in [-0.2, 0) is 18.9 Å². The molecule has 0 aromatic rings. The van der Waals surface area contributed by atoms with Gasteiger partial charge in [0.2, 0.25) is 0 Å². The predicted molar refractivity (Wildman–Crippen MR) is 137 cm³/mol. The van der Waals surface area contributed by atoms with Crippen molar-refractivity contribution in [3.8, 4) is 0 Å². The third-order valence-electron chi connectivity index (χ3n) is 9.74. The summed E-state index contributed by atoms with van der Waals surface area (Å²) in [5, 5.41) is 92.5. The molecule has 5 rings (SSSR count). The van der Waals surface area contributed by atoms with Crippen LogP contribution in [0.15, 0.2) is 0 Å². The fourth-order valence-electron chi connectivity index (χ4n) is 7.26. The van der Waals surface area contributed by atoms with Gasteiger partial charge in [-0.1, -0.05) is 0 Å². The number of fused-ring (bicyclic) bond motifs is 1. The van der Waals surface area contributed by atoms with E-state index in [0.717, 1.165) is 0 Å². The molecule has 14 heteroatoms. The normalized spacial score (nSPS) is 54.9. The topological polar surface area (TPSA) is 232 Å². The maximum Gasteiger partial charge on any atom is 0.187 e. The highest BCUT2D eigenvalue weighted by Gasteiger charge is 2.56. The van der Waals surface area contributed by atoms with Crippen molar-refractivity contribution in [3.63, 3.8) is 0 Å². The van der Waals surface area contributed by atoms with Crippen molar-refractivity contribution in [3.05, 3.63) is 0 Å². The molecule has 0 radical (unpaired) electrons. The summed E-state index contributed by atoms with van der Waals surface area (Å²) in [7, 11) is 0. The number of ether oxygens (including phenoxy) is 5. The van der Waals surface area contributed by atoms with Crippen LogP contribution in [-0.4, -0.2) is 155 Å². The lowest BCUT2D eigenvalue weighted by Crippen LogP contribution is -2.63. The zero-order valence-electron chi connectivity index (χ0n) is 23.2. The molecule has 3 saturated heterocycles. The summed E-state index contributed by atoms with van der Waals surface area (Å²) >= 11 is 0. The zero-order valence-corrected chi connectivity index (χ0v) is 23.2. The highest BCUT2D eigenvalue weighted by molar-refractivity contribution is 4.99. The Bertz CT molecular complexity index is 841. The van der Waals surface area contributed by atoms with Gasteiger partial charge in [-0.05, 0) is 39.0 Å². The van der Waals surface area contributed by atoms with Gasteiger partial charge in [0.05, 0.1) is 36.9 Å². The van der Waals surface area contributed by atoms with Crippen LogP contribution >= 0.6 is 0 Å². The largest absolute Gasteiger partial charge is 0.427 e. The van der Waals surface area contributed by atoms with E-state index in [2.05, 4.69) is 0 Å². The van der Waals surface area contributed by atoms with E-state index < -0.39 is 86.3 Å². The van der Waals surface area contributed by atoms with Crippen LogP contribution in [0.1, 0.15) is 51.9 Å². The SMILES string of the molecule is CC1OC(OC2CC3C(OC4OC(CO)C(O)C(O)C4O)CC(O)CC3[OH+]C2C2CCC(O)CC2)C(O)C(O)C1O. The molecule has 2 aliphatic carbocycles. The molecule has 16 atom stereocenters. The number of aliphatic hydroxyl groups excluding tert-OH is 9. The van der Waals surface area contributed by atoms with E-state index in [1.54, 1.807) is 6.92 Å². The van der Waals surface area contributed by atoms with Crippen LogP contribution in [0.4, 0.5) is 0 Å². The Morgan fingerprint density at radius 3 is 1.93 bits per heavy atom. The molecule has 0 aromatic heterocycles. The van der Waals surface area contributed by atoms with Gasteiger partial charge >= 0.3 is 0 Å². The molecule has 3 heterocycles. The first-order valence-electron chi connectivity index (χ1n) is 14.9. The van der Waals surface area contributed by atoms with Crippen molar-refractivity contribution in [1.82, 2.24) is 0 Å². The van der Waals surface area contributed by atoms with E-state index in [1.807, 2.05) is 0 Å². The molecule has 0 spiro atoms. The van der Waals surface area contributed by atoms with E-state index in [9.17, 15) is 46.0 Å². The molecule has 0 aromatic carbocycles. The second kappa shape index (κ2) is 13.2. The van der Waals surface area contributed by atoms with E-state index in [1.165, 1.54) is 0 Å². The Hall–Kier alpha value is -0.560. The van der Waals surface area contributed by atoms with E-state index in [4.69, 9.17) is 23.7 Å². The van der Waals surface area contributed by atoms with Crippen LogP contribution in [0.25, 0.3) is 0 Å². The lowest BCUT2D eigenvalue weighted by molar-refractivity contribution is -0.364. The predicted octanol–water partition coefficient (Wildman–Crippen LogP) is -3.62. The van der Waals surface area contributed by atoms with Gasteiger partial charge in [-0.25, -0.2) is 0 Å². The Kier molecular flexibility index (Phi) is 10.3. The summed E-state index contributed by atoms with van der Waals surface area (Å²) in [6.07, 6.45) is -13.0. The third kappa shape index (κ3) is 6.61. The average molecular weight is 596 g/mol. The van der Waals surface area contributed by atoms with Gasteiger partial charge in [0.1, 0.15) is 48.8 Å². The first-order chi connectivity index (χ1) is 19.5. The van der Waals surface area contributed by atoms with Crippen LogP contribution in [0, 0.1) is 11.8 Å². The molecule has 0 bridgehead atoms. The van der Waals surface area contributed by atoms with Gasteiger partial charge < -0.3 is 69.6 Å². The Balaban J connectivity index is 1.36. The summed E-state index contributed by atoms with van der Waals surface area (Å²) in [5.41, 5.74) is 0. The van der Waals surface area contributed by atoms with Crippen molar-refractivity contribution in [2.45, 2.75) is 150 Å². The van der Waals surface area contributed by atoms with Crippen molar-refractivity contribution < 1.29 is 69.6 Å². The zero-order chi connectivity index (χ0) is 29.6. The van der Waals surface area contributed by atoms with Crippen LogP contribution in [0.5, 0.6) is 0 Å². The fraction of sp³-hybridized carbons (Fsp3) is 1.00. The van der Waals surface area contributed by atoms with Gasteiger partial charge in [0.25, 0.3) is 0 Å². The highest BCUT2D eigenvalue weighted by Crippen LogP contribution is 2.43. The molecular weight excluding hydrogens is 548 g/mol. The third-order valence-corrected chi connectivity index (χ3v) is 9.74. The average Bonchev–Trinajstić information content (AvgIpc) is 2.95. The Labute approximate surface area is 238 Å². The molecule has 238 valence electrons. The summed E-state index contributed by atoms with van der Waals surface area (Å²) in [6.45, 7) is 0.972. The maximum atomic E-state index is 10.7. The first-order valence-corrected chi connectivity index (χ1v) is 14.9. The number of hydrogen-bond donors (Lipinski definition) is 9. The minimum atomic E-state index is -1.61. The second-order valence-corrected chi connectivity index (χ2v) is 12.5.